The second-order valence-corrected chi connectivity index (χ2v) is 5.17. The number of nitrogens with one attached hydrogen (secondary N) is 1. The molecule has 5 heteroatoms. The quantitative estimate of drug-likeness (QED) is 0.941. The van der Waals surface area contributed by atoms with Gasteiger partial charge in [0.1, 0.15) is 5.15 Å². The summed E-state index contributed by atoms with van der Waals surface area (Å²) in [6, 6.07) is 8.16. The van der Waals surface area contributed by atoms with Crippen molar-refractivity contribution >= 4 is 17.5 Å². The molecule has 0 unspecified atom stereocenters. The third-order valence-corrected chi connectivity index (χ3v) is 3.75. The lowest BCUT2D eigenvalue weighted by Gasteiger charge is -2.07. The zero-order valence-electron chi connectivity index (χ0n) is 11.9. The molecule has 0 saturated carbocycles. The first kappa shape index (κ1) is 14.6. The minimum atomic E-state index is -0.172. The summed E-state index contributed by atoms with van der Waals surface area (Å²) >= 11 is 6.07. The van der Waals surface area contributed by atoms with Gasteiger partial charge in [-0.2, -0.15) is 5.10 Å². The van der Waals surface area contributed by atoms with E-state index in [1.54, 1.807) is 14.0 Å². The Morgan fingerprint density at radius 2 is 2.05 bits per heavy atom. The van der Waals surface area contributed by atoms with Crippen molar-refractivity contribution in [2.75, 3.05) is 6.54 Å². The monoisotopic (exact) mass is 291 g/mol. The first-order chi connectivity index (χ1) is 9.50. The van der Waals surface area contributed by atoms with Crippen LogP contribution in [0.25, 0.3) is 0 Å². The van der Waals surface area contributed by atoms with Crippen LogP contribution in [0, 0.1) is 13.8 Å². The molecule has 20 heavy (non-hydrogen) atoms. The third kappa shape index (κ3) is 3.02. The first-order valence-electron chi connectivity index (χ1n) is 6.52. The van der Waals surface area contributed by atoms with Crippen LogP contribution in [0.2, 0.25) is 5.15 Å². The van der Waals surface area contributed by atoms with Gasteiger partial charge in [0.15, 0.2) is 0 Å². The second-order valence-electron chi connectivity index (χ2n) is 4.81. The first-order valence-corrected chi connectivity index (χ1v) is 6.90. The second kappa shape index (κ2) is 6.09. The lowest BCUT2D eigenvalue weighted by Crippen LogP contribution is -2.26. The highest BCUT2D eigenvalue weighted by atomic mass is 35.5. The molecule has 4 nitrogen and oxygen atoms in total. The molecule has 1 heterocycles. The molecular weight excluding hydrogens is 274 g/mol. The minimum absolute atomic E-state index is 0.172. The normalized spacial score (nSPS) is 10.6. The molecule has 0 bridgehead atoms. The summed E-state index contributed by atoms with van der Waals surface area (Å²) in [7, 11) is 1.72. The number of carbonyl (C=O) groups excluding carboxylic acids is 1. The zero-order valence-corrected chi connectivity index (χ0v) is 12.7. The SMILES string of the molecule is Cc1ccccc1CCNC(=O)c1c(C)nn(C)c1Cl. The smallest absolute Gasteiger partial charge is 0.256 e. The predicted octanol–water partition coefficient (Wildman–Crippen LogP) is 2.66. The average Bonchev–Trinajstić information content (AvgIpc) is 2.65. The van der Waals surface area contributed by atoms with E-state index in [0.717, 1.165) is 6.42 Å². The molecule has 0 radical (unpaired) electrons. The number of halogens is 1. The molecule has 106 valence electrons. The van der Waals surface area contributed by atoms with Crippen LogP contribution in [0.3, 0.4) is 0 Å². The number of carbonyl (C=O) groups is 1. The maximum absolute atomic E-state index is 12.1. The Morgan fingerprint density at radius 3 is 2.65 bits per heavy atom. The topological polar surface area (TPSA) is 46.9 Å². The molecule has 0 spiro atoms. The van der Waals surface area contributed by atoms with E-state index in [4.69, 9.17) is 11.6 Å². The van der Waals surface area contributed by atoms with Crippen molar-refractivity contribution in [3.05, 3.63) is 51.8 Å². The van der Waals surface area contributed by atoms with Gasteiger partial charge in [-0.15, -0.1) is 0 Å². The van der Waals surface area contributed by atoms with Gasteiger partial charge in [-0.3, -0.25) is 9.48 Å². The van der Waals surface area contributed by atoms with Gasteiger partial charge in [0.25, 0.3) is 5.91 Å². The predicted molar refractivity (Wildman–Crippen MR) is 80.2 cm³/mol. The maximum atomic E-state index is 12.1. The van der Waals surface area contributed by atoms with Crippen LogP contribution < -0.4 is 5.32 Å². The number of hydrogen-bond donors (Lipinski definition) is 1. The zero-order chi connectivity index (χ0) is 14.7. The van der Waals surface area contributed by atoms with E-state index in [2.05, 4.69) is 29.5 Å². The maximum Gasteiger partial charge on any atom is 0.256 e. The van der Waals surface area contributed by atoms with E-state index >= 15 is 0 Å². The Labute approximate surface area is 123 Å². The summed E-state index contributed by atoms with van der Waals surface area (Å²) in [4.78, 5) is 12.1. The van der Waals surface area contributed by atoms with Crippen LogP contribution >= 0.6 is 11.6 Å². The Hall–Kier alpha value is -1.81. The van der Waals surface area contributed by atoms with Crippen molar-refractivity contribution in [3.63, 3.8) is 0 Å². The Balaban J connectivity index is 1.98. The molecule has 0 aliphatic rings. The van der Waals surface area contributed by atoms with E-state index < -0.39 is 0 Å². The van der Waals surface area contributed by atoms with Gasteiger partial charge >= 0.3 is 0 Å². The van der Waals surface area contributed by atoms with Crippen molar-refractivity contribution in [1.29, 1.82) is 0 Å². The Morgan fingerprint density at radius 1 is 1.35 bits per heavy atom. The highest BCUT2D eigenvalue weighted by Gasteiger charge is 2.18. The number of hydrogen-bond acceptors (Lipinski definition) is 2. The highest BCUT2D eigenvalue weighted by Crippen LogP contribution is 2.18. The number of benzene rings is 1. The number of aromatic nitrogens is 2. The number of amides is 1. The van der Waals surface area contributed by atoms with E-state index in [9.17, 15) is 4.79 Å². The van der Waals surface area contributed by atoms with Crippen LogP contribution in [0.15, 0.2) is 24.3 Å². The van der Waals surface area contributed by atoms with E-state index in [0.29, 0.717) is 23.0 Å². The summed E-state index contributed by atoms with van der Waals surface area (Å²) in [6.07, 6.45) is 0.801. The molecule has 1 N–H and O–H groups in total. The largest absolute Gasteiger partial charge is 0.352 e. The molecule has 2 rings (SSSR count). The van der Waals surface area contributed by atoms with Gasteiger partial charge < -0.3 is 5.32 Å². The molecule has 0 atom stereocenters. The fraction of sp³-hybridized carbons (Fsp3) is 0.333. The van der Waals surface area contributed by atoms with Crippen LogP contribution in [-0.4, -0.2) is 22.2 Å². The van der Waals surface area contributed by atoms with Crippen LogP contribution in [0.1, 0.15) is 27.2 Å². The van der Waals surface area contributed by atoms with Crippen molar-refractivity contribution < 1.29 is 4.79 Å². The molecule has 0 aliphatic carbocycles. The van der Waals surface area contributed by atoms with E-state index in [1.165, 1.54) is 15.8 Å². The molecular formula is C15H18ClN3O. The standard InChI is InChI=1S/C15H18ClN3O/c1-10-6-4-5-7-12(10)8-9-17-15(20)13-11(2)18-19(3)14(13)16/h4-7H,8-9H2,1-3H3,(H,17,20). The van der Waals surface area contributed by atoms with Gasteiger partial charge in [-0.25, -0.2) is 0 Å². The van der Waals surface area contributed by atoms with Crippen molar-refractivity contribution in [1.82, 2.24) is 15.1 Å². The number of nitrogens with zero attached hydrogens (tertiary/aromatic N) is 2. The summed E-state index contributed by atoms with van der Waals surface area (Å²) in [5.74, 6) is -0.172. The summed E-state index contributed by atoms with van der Waals surface area (Å²) in [5, 5.41) is 7.40. The molecule has 0 aliphatic heterocycles. The number of rotatable bonds is 4. The van der Waals surface area contributed by atoms with Gasteiger partial charge in [0, 0.05) is 13.6 Å². The fourth-order valence-corrected chi connectivity index (χ4v) is 2.44. The van der Waals surface area contributed by atoms with Crippen molar-refractivity contribution in [2.24, 2.45) is 7.05 Å². The Bertz CT molecular complexity index is 634. The molecule has 0 fully saturated rings. The highest BCUT2D eigenvalue weighted by molar-refractivity contribution is 6.33. The molecule has 2 aromatic rings. The molecule has 1 aromatic heterocycles. The van der Waals surface area contributed by atoms with Crippen molar-refractivity contribution in [3.8, 4) is 0 Å². The summed E-state index contributed by atoms with van der Waals surface area (Å²) in [5.41, 5.74) is 3.57. The van der Waals surface area contributed by atoms with Crippen molar-refractivity contribution in [2.45, 2.75) is 20.3 Å². The van der Waals surface area contributed by atoms with Gasteiger partial charge in [0.2, 0.25) is 0 Å². The average molecular weight is 292 g/mol. The van der Waals surface area contributed by atoms with Crippen LogP contribution in [-0.2, 0) is 13.5 Å². The Kier molecular flexibility index (Phi) is 4.45. The summed E-state index contributed by atoms with van der Waals surface area (Å²) in [6.45, 7) is 4.43. The fourth-order valence-electron chi connectivity index (χ4n) is 2.18. The van der Waals surface area contributed by atoms with Gasteiger partial charge in [0.05, 0.1) is 11.3 Å². The number of aryl methyl sites for hydroxylation is 3. The van der Waals surface area contributed by atoms with Crippen LogP contribution in [0.5, 0.6) is 0 Å². The lowest BCUT2D eigenvalue weighted by molar-refractivity contribution is 0.0953. The minimum Gasteiger partial charge on any atom is -0.352 e. The summed E-state index contributed by atoms with van der Waals surface area (Å²) < 4.78 is 1.51. The van der Waals surface area contributed by atoms with E-state index in [-0.39, 0.29) is 5.91 Å². The van der Waals surface area contributed by atoms with Gasteiger partial charge in [-0.1, -0.05) is 35.9 Å². The molecule has 0 saturated heterocycles. The van der Waals surface area contributed by atoms with Gasteiger partial charge in [-0.05, 0) is 31.4 Å². The van der Waals surface area contributed by atoms with Crippen LogP contribution in [0.4, 0.5) is 0 Å². The third-order valence-electron chi connectivity index (χ3n) is 3.32. The molecule has 1 aromatic carbocycles. The lowest BCUT2D eigenvalue weighted by atomic mass is 10.1. The molecule has 1 amide bonds. The van der Waals surface area contributed by atoms with E-state index in [1.807, 2.05) is 12.1 Å².